The summed E-state index contributed by atoms with van der Waals surface area (Å²) in [4.78, 5) is 23.4. The van der Waals surface area contributed by atoms with Gasteiger partial charge in [0.2, 0.25) is 5.71 Å². The highest BCUT2D eigenvalue weighted by Gasteiger charge is 2.25. The van der Waals surface area contributed by atoms with Crippen molar-refractivity contribution in [2.75, 3.05) is 31.6 Å². The van der Waals surface area contributed by atoms with Crippen LogP contribution in [0.4, 0.5) is 5.82 Å². The van der Waals surface area contributed by atoms with Crippen molar-refractivity contribution in [1.82, 2.24) is 14.9 Å². The van der Waals surface area contributed by atoms with Gasteiger partial charge in [0.05, 0.1) is 12.0 Å². The Hall–Kier alpha value is -2.64. The highest BCUT2D eigenvalue weighted by atomic mass is 35.5. The molecule has 0 atom stereocenters. The van der Waals surface area contributed by atoms with Crippen LogP contribution in [0.1, 0.15) is 41.4 Å². The number of esters is 1. The average molecular weight is 443 g/mol. The lowest BCUT2D eigenvalue weighted by atomic mass is 9.96. The number of fused-ring (bicyclic) bond motifs is 1. The number of hydrogen-bond donors (Lipinski definition) is 1. The Balaban J connectivity index is 1.37. The van der Waals surface area contributed by atoms with E-state index in [-0.39, 0.29) is 0 Å². The van der Waals surface area contributed by atoms with Crippen LogP contribution in [0.15, 0.2) is 35.0 Å². The van der Waals surface area contributed by atoms with E-state index in [9.17, 15) is 4.79 Å². The predicted octanol–water partition coefficient (Wildman–Crippen LogP) is 4.69. The first kappa shape index (κ1) is 21.6. The maximum Gasteiger partial charge on any atom is 0.342 e. The van der Waals surface area contributed by atoms with Gasteiger partial charge in [-0.2, -0.15) is 0 Å². The van der Waals surface area contributed by atoms with E-state index < -0.39 is 5.97 Å². The van der Waals surface area contributed by atoms with Crippen molar-refractivity contribution < 1.29 is 13.9 Å². The van der Waals surface area contributed by atoms with Crippen molar-refractivity contribution in [3.8, 4) is 0 Å². The van der Waals surface area contributed by atoms with Gasteiger partial charge in [0.1, 0.15) is 23.5 Å². The molecule has 0 saturated carbocycles. The van der Waals surface area contributed by atoms with Crippen molar-refractivity contribution in [1.29, 1.82) is 0 Å². The Labute approximate surface area is 186 Å². The fraction of sp³-hybridized carbons (Fsp3) is 0.435. The zero-order valence-electron chi connectivity index (χ0n) is 17.9. The molecule has 0 spiro atoms. The first-order valence-electron chi connectivity index (χ1n) is 10.7. The lowest BCUT2D eigenvalue weighted by Gasteiger charge is -2.32. The van der Waals surface area contributed by atoms with Crippen LogP contribution < -0.4 is 5.32 Å². The van der Waals surface area contributed by atoms with Crippen molar-refractivity contribution in [2.45, 2.75) is 33.2 Å². The van der Waals surface area contributed by atoms with E-state index in [1.807, 2.05) is 12.1 Å². The highest BCUT2D eigenvalue weighted by Crippen LogP contribution is 2.30. The van der Waals surface area contributed by atoms with E-state index in [1.165, 1.54) is 11.9 Å². The molecule has 0 amide bonds. The van der Waals surface area contributed by atoms with E-state index >= 15 is 0 Å². The largest absolute Gasteiger partial charge is 0.462 e. The molecule has 0 unspecified atom stereocenters. The van der Waals surface area contributed by atoms with Gasteiger partial charge in [-0.3, -0.25) is 4.90 Å². The van der Waals surface area contributed by atoms with E-state index in [1.54, 1.807) is 13.8 Å². The molecule has 4 rings (SSSR count). The minimum Gasteiger partial charge on any atom is -0.462 e. The van der Waals surface area contributed by atoms with Gasteiger partial charge >= 0.3 is 5.97 Å². The third-order valence-electron chi connectivity index (χ3n) is 5.73. The number of carbonyl (C=O) groups is 1. The SMILES string of the molecule is CCOC(=O)c1c(C)oc2ncnc(NCC3CCN(Cc4ccc(Cl)cc4)CC3)c12. The number of ether oxygens (including phenoxy) is 1. The van der Waals surface area contributed by atoms with Gasteiger partial charge in [-0.25, -0.2) is 14.8 Å². The van der Waals surface area contributed by atoms with Gasteiger partial charge in [-0.1, -0.05) is 23.7 Å². The van der Waals surface area contributed by atoms with E-state index in [4.69, 9.17) is 20.8 Å². The van der Waals surface area contributed by atoms with Crippen molar-refractivity contribution in [3.05, 3.63) is 52.5 Å². The van der Waals surface area contributed by atoms with Crippen LogP contribution in [-0.4, -0.2) is 47.1 Å². The Morgan fingerprint density at radius 3 is 2.71 bits per heavy atom. The van der Waals surface area contributed by atoms with Gasteiger partial charge in [-0.05, 0) is 63.4 Å². The molecule has 0 bridgehead atoms. The molecule has 1 aliphatic rings. The lowest BCUT2D eigenvalue weighted by molar-refractivity contribution is 0.0526. The summed E-state index contributed by atoms with van der Waals surface area (Å²) in [6.07, 6.45) is 3.66. The molecule has 0 aliphatic carbocycles. The van der Waals surface area contributed by atoms with Gasteiger partial charge in [-0.15, -0.1) is 0 Å². The number of likely N-dealkylation sites (tertiary alicyclic amines) is 1. The molecule has 1 fully saturated rings. The van der Waals surface area contributed by atoms with Crippen LogP contribution in [0.5, 0.6) is 0 Å². The molecular weight excluding hydrogens is 416 g/mol. The number of piperidine rings is 1. The van der Waals surface area contributed by atoms with E-state index in [0.717, 1.165) is 44.0 Å². The molecule has 1 aliphatic heterocycles. The van der Waals surface area contributed by atoms with Crippen molar-refractivity contribution >= 4 is 34.5 Å². The number of furan rings is 1. The maximum atomic E-state index is 12.4. The third-order valence-corrected chi connectivity index (χ3v) is 5.98. The van der Waals surface area contributed by atoms with Crippen LogP contribution in [0.3, 0.4) is 0 Å². The minimum atomic E-state index is -0.410. The normalized spacial score (nSPS) is 15.3. The average Bonchev–Trinajstić information content (AvgIpc) is 3.11. The number of anilines is 1. The second-order valence-corrected chi connectivity index (χ2v) is 8.32. The number of aromatic nitrogens is 2. The summed E-state index contributed by atoms with van der Waals surface area (Å²) >= 11 is 5.98. The fourth-order valence-corrected chi connectivity index (χ4v) is 4.19. The molecule has 1 saturated heterocycles. The predicted molar refractivity (Wildman–Crippen MR) is 120 cm³/mol. The summed E-state index contributed by atoms with van der Waals surface area (Å²) in [7, 11) is 0. The van der Waals surface area contributed by atoms with Crippen LogP contribution >= 0.6 is 11.6 Å². The van der Waals surface area contributed by atoms with Gasteiger partial charge in [0, 0.05) is 18.1 Å². The van der Waals surface area contributed by atoms with Gasteiger partial charge in [0.25, 0.3) is 0 Å². The monoisotopic (exact) mass is 442 g/mol. The van der Waals surface area contributed by atoms with Crippen molar-refractivity contribution in [3.63, 3.8) is 0 Å². The van der Waals surface area contributed by atoms with Crippen molar-refractivity contribution in [2.24, 2.45) is 5.92 Å². The molecule has 3 heterocycles. The Bertz CT molecular complexity index is 1040. The first-order chi connectivity index (χ1) is 15.0. The molecule has 8 heteroatoms. The smallest absolute Gasteiger partial charge is 0.342 e. The molecule has 3 aromatic rings. The molecule has 31 heavy (non-hydrogen) atoms. The molecule has 2 aromatic heterocycles. The fourth-order valence-electron chi connectivity index (χ4n) is 4.07. The second-order valence-electron chi connectivity index (χ2n) is 7.88. The maximum absolute atomic E-state index is 12.4. The number of nitrogens with one attached hydrogen (secondary N) is 1. The number of nitrogens with zero attached hydrogens (tertiary/aromatic N) is 3. The quantitative estimate of drug-likeness (QED) is 0.532. The van der Waals surface area contributed by atoms with Crippen LogP contribution in [0, 0.1) is 12.8 Å². The van der Waals surface area contributed by atoms with Crippen LogP contribution in [-0.2, 0) is 11.3 Å². The highest BCUT2D eigenvalue weighted by molar-refractivity contribution is 6.30. The third kappa shape index (κ3) is 4.99. The van der Waals surface area contributed by atoms with Gasteiger partial charge in [0.15, 0.2) is 0 Å². The van der Waals surface area contributed by atoms with Gasteiger partial charge < -0.3 is 14.5 Å². The number of rotatable bonds is 7. The lowest BCUT2D eigenvalue weighted by Crippen LogP contribution is -2.35. The summed E-state index contributed by atoms with van der Waals surface area (Å²) in [6.45, 7) is 7.66. The van der Waals surface area contributed by atoms with Crippen LogP contribution in [0.2, 0.25) is 5.02 Å². The van der Waals surface area contributed by atoms with E-state index in [2.05, 4.69) is 32.3 Å². The Kier molecular flexibility index (Phi) is 6.73. The molecule has 7 nitrogen and oxygen atoms in total. The van der Waals surface area contributed by atoms with E-state index in [0.29, 0.717) is 40.8 Å². The molecule has 164 valence electrons. The zero-order valence-corrected chi connectivity index (χ0v) is 18.6. The number of carbonyl (C=O) groups excluding carboxylic acids is 1. The topological polar surface area (TPSA) is 80.5 Å². The number of aryl methyl sites for hydroxylation is 1. The Morgan fingerprint density at radius 2 is 2.00 bits per heavy atom. The molecular formula is C23H27ClN4O3. The zero-order chi connectivity index (χ0) is 21.8. The van der Waals surface area contributed by atoms with Crippen LogP contribution in [0.25, 0.3) is 11.1 Å². The minimum absolute atomic E-state index is 0.302. The second kappa shape index (κ2) is 9.66. The Morgan fingerprint density at radius 1 is 1.26 bits per heavy atom. The summed E-state index contributed by atoms with van der Waals surface area (Å²) < 4.78 is 10.9. The molecule has 1 aromatic carbocycles. The number of halogens is 1. The summed E-state index contributed by atoms with van der Waals surface area (Å²) in [6, 6.07) is 8.06. The summed E-state index contributed by atoms with van der Waals surface area (Å²) in [5.41, 5.74) is 2.08. The summed E-state index contributed by atoms with van der Waals surface area (Å²) in [5, 5.41) is 4.79. The number of benzene rings is 1. The summed E-state index contributed by atoms with van der Waals surface area (Å²) in [5.74, 6) is 1.23. The first-order valence-corrected chi connectivity index (χ1v) is 11.0. The molecule has 1 N–H and O–H groups in total. The molecule has 0 radical (unpaired) electrons. The number of hydrogen-bond acceptors (Lipinski definition) is 7. The standard InChI is InChI=1S/C23H27ClN4O3/c1-3-30-23(29)19-15(2)31-22-20(19)21(26-14-27-22)25-12-16-8-10-28(11-9-16)13-17-4-6-18(24)7-5-17/h4-7,14,16H,3,8-13H2,1-2H3,(H,25,26,27).